The largest absolute Gasteiger partial charge is 0.326 e. The summed E-state index contributed by atoms with van der Waals surface area (Å²) in [6.45, 7) is 2.37. The van der Waals surface area contributed by atoms with E-state index in [0.717, 1.165) is 31.2 Å². The molecule has 0 saturated carbocycles. The van der Waals surface area contributed by atoms with E-state index in [1.807, 2.05) is 24.3 Å². The minimum atomic E-state index is -3.46. The average Bonchev–Trinajstić information content (AvgIpc) is 2.63. The lowest BCUT2D eigenvalue weighted by atomic mass is 10.1. The summed E-state index contributed by atoms with van der Waals surface area (Å²) in [7, 11) is -3.46. The molecule has 0 saturated heterocycles. The third kappa shape index (κ3) is 7.17. The van der Waals surface area contributed by atoms with E-state index in [-0.39, 0.29) is 18.9 Å². The van der Waals surface area contributed by atoms with Gasteiger partial charge in [-0.3, -0.25) is 9.10 Å². The highest BCUT2D eigenvalue weighted by molar-refractivity contribution is 7.92. The highest BCUT2D eigenvalue weighted by Crippen LogP contribution is 2.22. The summed E-state index contributed by atoms with van der Waals surface area (Å²) in [6, 6.07) is 14.5. The lowest BCUT2D eigenvalue weighted by Crippen LogP contribution is -2.31. The van der Waals surface area contributed by atoms with Crippen molar-refractivity contribution >= 4 is 38.9 Å². The normalized spacial score (nSPS) is 11.2. The maximum Gasteiger partial charge on any atom is 0.232 e. The second-order valence-electron chi connectivity index (χ2n) is 6.77. The van der Waals surface area contributed by atoms with Gasteiger partial charge in [0.1, 0.15) is 0 Å². The summed E-state index contributed by atoms with van der Waals surface area (Å²) >= 11 is 5.97. The maximum atomic E-state index is 12.2. The molecule has 0 aliphatic carbocycles. The molecule has 0 radical (unpaired) electrons. The molecule has 0 atom stereocenters. The number of hydrogen-bond donors (Lipinski definition) is 1. The number of rotatable bonds is 10. The Kier molecular flexibility index (Phi) is 8.33. The molecule has 5 nitrogen and oxygen atoms in total. The molecule has 28 heavy (non-hydrogen) atoms. The topological polar surface area (TPSA) is 66.5 Å². The Bertz CT molecular complexity index is 883. The summed E-state index contributed by atoms with van der Waals surface area (Å²) in [6.07, 6.45) is 5.11. The van der Waals surface area contributed by atoms with Gasteiger partial charge in [0, 0.05) is 23.7 Å². The van der Waals surface area contributed by atoms with Crippen molar-refractivity contribution in [2.45, 2.75) is 39.0 Å². The van der Waals surface area contributed by atoms with Crippen molar-refractivity contribution in [1.82, 2.24) is 0 Å². The molecule has 0 unspecified atom stereocenters. The fourth-order valence-electron chi connectivity index (χ4n) is 2.86. The van der Waals surface area contributed by atoms with Gasteiger partial charge in [-0.25, -0.2) is 8.42 Å². The number of nitrogens with one attached hydrogen (secondary N) is 1. The predicted molar refractivity (Wildman–Crippen MR) is 117 cm³/mol. The quantitative estimate of drug-likeness (QED) is 0.594. The van der Waals surface area contributed by atoms with Crippen LogP contribution in [-0.4, -0.2) is 27.1 Å². The smallest absolute Gasteiger partial charge is 0.232 e. The fraction of sp³-hybridized carbons (Fsp3) is 0.381. The van der Waals surface area contributed by atoms with Gasteiger partial charge >= 0.3 is 0 Å². The van der Waals surface area contributed by atoms with Crippen molar-refractivity contribution in [3.8, 4) is 0 Å². The summed E-state index contributed by atoms with van der Waals surface area (Å²) in [5.41, 5.74) is 2.50. The number of anilines is 2. The van der Waals surface area contributed by atoms with Crippen LogP contribution in [0.25, 0.3) is 0 Å². The van der Waals surface area contributed by atoms with Crippen molar-refractivity contribution in [2.75, 3.05) is 22.4 Å². The van der Waals surface area contributed by atoms with Gasteiger partial charge in [-0.15, -0.1) is 0 Å². The van der Waals surface area contributed by atoms with Crippen LogP contribution in [0.5, 0.6) is 0 Å². The summed E-state index contributed by atoms with van der Waals surface area (Å²) < 4.78 is 25.5. The molecule has 2 aromatic carbocycles. The summed E-state index contributed by atoms with van der Waals surface area (Å²) in [5, 5.41) is 3.32. The Morgan fingerprint density at radius 1 is 1.11 bits per heavy atom. The molecule has 0 heterocycles. The second-order valence-corrected chi connectivity index (χ2v) is 9.11. The lowest BCUT2D eigenvalue weighted by Gasteiger charge is -2.22. The van der Waals surface area contributed by atoms with Crippen molar-refractivity contribution in [3.05, 3.63) is 59.1 Å². The number of unbranched alkanes of at least 4 members (excludes halogenated alkanes) is 1. The van der Waals surface area contributed by atoms with Gasteiger partial charge in [-0.05, 0) is 55.2 Å². The Balaban J connectivity index is 1.89. The van der Waals surface area contributed by atoms with E-state index in [2.05, 4.69) is 12.2 Å². The van der Waals surface area contributed by atoms with Crippen LogP contribution >= 0.6 is 11.6 Å². The van der Waals surface area contributed by atoms with Gasteiger partial charge in [0.2, 0.25) is 15.9 Å². The molecule has 0 aliphatic rings. The van der Waals surface area contributed by atoms with Gasteiger partial charge in [-0.1, -0.05) is 43.1 Å². The molecule has 152 valence electrons. The number of carbonyl (C=O) groups is 1. The van der Waals surface area contributed by atoms with E-state index in [4.69, 9.17) is 11.6 Å². The molecule has 0 aromatic heterocycles. The first-order valence-corrected chi connectivity index (χ1v) is 11.6. The molecule has 0 aliphatic heterocycles. The van der Waals surface area contributed by atoms with Gasteiger partial charge in [0.25, 0.3) is 0 Å². The van der Waals surface area contributed by atoms with E-state index in [0.29, 0.717) is 17.1 Å². The van der Waals surface area contributed by atoms with E-state index in [9.17, 15) is 13.2 Å². The molecular formula is C21H27ClN2O3S. The highest BCUT2D eigenvalue weighted by Gasteiger charge is 2.17. The van der Waals surface area contributed by atoms with E-state index < -0.39 is 10.0 Å². The highest BCUT2D eigenvalue weighted by atomic mass is 35.5. The van der Waals surface area contributed by atoms with Crippen LogP contribution in [0, 0.1) is 0 Å². The average molecular weight is 423 g/mol. The van der Waals surface area contributed by atoms with Gasteiger partial charge in [0.05, 0.1) is 11.9 Å². The Morgan fingerprint density at radius 2 is 1.82 bits per heavy atom. The monoisotopic (exact) mass is 422 g/mol. The molecule has 2 rings (SSSR count). The van der Waals surface area contributed by atoms with Gasteiger partial charge in [-0.2, -0.15) is 0 Å². The number of hydrogen-bond acceptors (Lipinski definition) is 3. The first-order chi connectivity index (χ1) is 13.3. The molecule has 0 bridgehead atoms. The van der Waals surface area contributed by atoms with Gasteiger partial charge in [0.15, 0.2) is 0 Å². The Hall–Kier alpha value is -2.05. The fourth-order valence-corrected chi connectivity index (χ4v) is 4.00. The van der Waals surface area contributed by atoms with Crippen LogP contribution in [0.2, 0.25) is 5.02 Å². The molecule has 1 amide bonds. The third-order valence-electron chi connectivity index (χ3n) is 4.32. The predicted octanol–water partition coefficient (Wildman–Crippen LogP) is 4.87. The molecule has 2 aromatic rings. The summed E-state index contributed by atoms with van der Waals surface area (Å²) in [5.74, 6) is -0.138. The van der Waals surface area contributed by atoms with Crippen LogP contribution in [-0.2, 0) is 21.2 Å². The molecular weight excluding hydrogens is 396 g/mol. The maximum absolute atomic E-state index is 12.2. The minimum Gasteiger partial charge on any atom is -0.326 e. The second kappa shape index (κ2) is 10.5. The summed E-state index contributed by atoms with van der Waals surface area (Å²) in [4.78, 5) is 12.2. The number of sulfonamides is 1. The van der Waals surface area contributed by atoms with Crippen LogP contribution < -0.4 is 9.62 Å². The Labute approximate surface area is 172 Å². The number of benzene rings is 2. The standard InChI is InChI=1S/C21H27ClN2O3S/c1-3-4-7-17-11-13-19(14-12-17)23-21(25)10-6-15-24(28(2,26)27)20-9-5-8-18(22)16-20/h5,8-9,11-14,16H,3-4,6-7,10,15H2,1-2H3,(H,23,25). The number of carbonyl (C=O) groups excluding carboxylic acids is 1. The molecule has 0 fully saturated rings. The Morgan fingerprint density at radius 3 is 2.43 bits per heavy atom. The SMILES string of the molecule is CCCCc1ccc(NC(=O)CCCN(c2cccc(Cl)c2)S(C)(=O)=O)cc1. The third-order valence-corrected chi connectivity index (χ3v) is 5.75. The van der Waals surface area contributed by atoms with Crippen molar-refractivity contribution in [3.63, 3.8) is 0 Å². The zero-order chi connectivity index (χ0) is 20.6. The molecule has 7 heteroatoms. The van der Waals surface area contributed by atoms with Crippen LogP contribution in [0.3, 0.4) is 0 Å². The number of amides is 1. The van der Waals surface area contributed by atoms with Crippen LogP contribution in [0.4, 0.5) is 11.4 Å². The first-order valence-electron chi connectivity index (χ1n) is 9.41. The van der Waals surface area contributed by atoms with Crippen LogP contribution in [0.1, 0.15) is 38.2 Å². The number of halogens is 1. The van der Waals surface area contributed by atoms with E-state index >= 15 is 0 Å². The van der Waals surface area contributed by atoms with Crippen molar-refractivity contribution in [1.29, 1.82) is 0 Å². The molecule has 1 N–H and O–H groups in total. The van der Waals surface area contributed by atoms with Crippen molar-refractivity contribution in [2.24, 2.45) is 0 Å². The van der Waals surface area contributed by atoms with E-state index in [1.165, 1.54) is 9.87 Å². The number of nitrogens with zero attached hydrogens (tertiary/aromatic N) is 1. The van der Waals surface area contributed by atoms with Crippen LogP contribution in [0.15, 0.2) is 48.5 Å². The van der Waals surface area contributed by atoms with Crippen molar-refractivity contribution < 1.29 is 13.2 Å². The zero-order valence-corrected chi connectivity index (χ0v) is 17.9. The first kappa shape index (κ1) is 22.2. The lowest BCUT2D eigenvalue weighted by molar-refractivity contribution is -0.116. The zero-order valence-electron chi connectivity index (χ0n) is 16.3. The number of aryl methyl sites for hydroxylation is 1. The van der Waals surface area contributed by atoms with Gasteiger partial charge < -0.3 is 5.32 Å². The molecule has 0 spiro atoms. The van der Waals surface area contributed by atoms with E-state index in [1.54, 1.807) is 24.3 Å². The minimum absolute atomic E-state index is 0.138.